The highest BCUT2D eigenvalue weighted by Gasteiger charge is 2.54. The van der Waals surface area contributed by atoms with Gasteiger partial charge in [0.15, 0.2) is 5.41 Å². The summed E-state index contributed by atoms with van der Waals surface area (Å²) >= 11 is 0. The first kappa shape index (κ1) is 21.5. The molecule has 0 bridgehead atoms. The molecule has 0 aliphatic heterocycles. The fourth-order valence-electron chi connectivity index (χ4n) is 3.92. The van der Waals surface area contributed by atoms with Crippen molar-refractivity contribution in [2.45, 2.75) is 72.6 Å². The second-order valence-corrected chi connectivity index (χ2v) is 7.36. The largest absolute Gasteiger partial charge is 0.466 e. The molecule has 1 aliphatic rings. The lowest BCUT2D eigenvalue weighted by Gasteiger charge is -2.35. The quantitative estimate of drug-likeness (QED) is 0.550. The normalized spacial score (nSPS) is 18.4. The third kappa shape index (κ3) is 5.45. The van der Waals surface area contributed by atoms with Crippen molar-refractivity contribution in [1.82, 2.24) is 0 Å². The van der Waals surface area contributed by atoms with Gasteiger partial charge in [0, 0.05) is 0 Å². The average Bonchev–Trinajstić information content (AvgIpc) is 3.07. The Hall–Kier alpha value is -1.57. The molecule has 0 spiro atoms. The molecule has 25 heavy (non-hydrogen) atoms. The number of esters is 2. The molecular weight excluding hydrogens is 318 g/mol. The molecule has 2 atom stereocenters. The summed E-state index contributed by atoms with van der Waals surface area (Å²) in [7, 11) is 0. The van der Waals surface area contributed by atoms with Gasteiger partial charge in [-0.25, -0.2) is 0 Å². The predicted molar refractivity (Wildman–Crippen MR) is 95.4 cm³/mol. The van der Waals surface area contributed by atoms with E-state index in [4.69, 9.17) is 9.47 Å². The van der Waals surface area contributed by atoms with Crippen LogP contribution in [0.4, 0.5) is 0 Å². The molecule has 5 nitrogen and oxygen atoms in total. The number of ether oxygens (including phenoxy) is 2. The zero-order valence-electron chi connectivity index (χ0n) is 16.2. The van der Waals surface area contributed by atoms with E-state index in [0.717, 1.165) is 32.1 Å². The lowest BCUT2D eigenvalue weighted by molar-refractivity contribution is -0.168. The highest BCUT2D eigenvalue weighted by molar-refractivity contribution is 5.88. The smallest absolute Gasteiger partial charge is 0.327 e. The van der Waals surface area contributed by atoms with E-state index in [1.165, 1.54) is 0 Å². The lowest BCUT2D eigenvalue weighted by atomic mass is 9.66. The maximum atomic E-state index is 12.8. The Morgan fingerprint density at radius 3 is 2.24 bits per heavy atom. The van der Waals surface area contributed by atoms with Crippen molar-refractivity contribution in [3.63, 3.8) is 0 Å². The molecule has 0 aromatic heterocycles. The first-order valence-corrected chi connectivity index (χ1v) is 9.68. The number of nitrogens with zero attached hydrogens (tertiary/aromatic N) is 1. The van der Waals surface area contributed by atoms with Crippen molar-refractivity contribution in [3.8, 4) is 6.07 Å². The molecule has 0 saturated heterocycles. The zero-order chi connectivity index (χ0) is 18.9. The van der Waals surface area contributed by atoms with Crippen LogP contribution in [-0.2, 0) is 19.1 Å². The van der Waals surface area contributed by atoms with Gasteiger partial charge in [-0.3, -0.25) is 9.59 Å². The summed E-state index contributed by atoms with van der Waals surface area (Å²) < 4.78 is 10.5. The summed E-state index contributed by atoms with van der Waals surface area (Å²) in [5.74, 6) is -1.22. The van der Waals surface area contributed by atoms with Crippen LogP contribution in [0.2, 0.25) is 0 Å². The van der Waals surface area contributed by atoms with E-state index in [-0.39, 0.29) is 19.1 Å². The van der Waals surface area contributed by atoms with Gasteiger partial charge in [0.05, 0.1) is 25.2 Å². The molecule has 0 aromatic carbocycles. The number of hydrogen-bond acceptors (Lipinski definition) is 5. The highest BCUT2D eigenvalue weighted by atomic mass is 16.5. The average molecular weight is 351 g/mol. The van der Waals surface area contributed by atoms with E-state index in [0.29, 0.717) is 18.8 Å². The second-order valence-electron chi connectivity index (χ2n) is 7.36. The molecule has 0 aromatic rings. The summed E-state index contributed by atoms with van der Waals surface area (Å²) in [4.78, 5) is 25.6. The fourth-order valence-corrected chi connectivity index (χ4v) is 3.92. The van der Waals surface area contributed by atoms with Crippen LogP contribution >= 0.6 is 0 Å². The van der Waals surface area contributed by atoms with Crippen LogP contribution in [0.15, 0.2) is 0 Å². The van der Waals surface area contributed by atoms with Crippen molar-refractivity contribution < 1.29 is 19.1 Å². The van der Waals surface area contributed by atoms with Crippen LogP contribution in [0, 0.1) is 34.5 Å². The van der Waals surface area contributed by atoms with Crippen molar-refractivity contribution >= 4 is 11.9 Å². The van der Waals surface area contributed by atoms with Crippen molar-refractivity contribution in [2.24, 2.45) is 23.2 Å². The zero-order valence-corrected chi connectivity index (χ0v) is 16.2. The van der Waals surface area contributed by atoms with Gasteiger partial charge in [-0.05, 0) is 44.9 Å². The van der Waals surface area contributed by atoms with E-state index in [2.05, 4.69) is 19.9 Å². The summed E-state index contributed by atoms with van der Waals surface area (Å²) in [5, 5.41) is 10.0. The van der Waals surface area contributed by atoms with Gasteiger partial charge in [-0.15, -0.1) is 0 Å². The number of nitriles is 1. The van der Waals surface area contributed by atoms with Crippen LogP contribution in [-0.4, -0.2) is 25.2 Å². The molecule has 0 N–H and O–H groups in total. The maximum Gasteiger partial charge on any atom is 0.327 e. The molecule has 142 valence electrons. The Bertz CT molecular complexity index is 477. The number of rotatable bonds is 10. The highest BCUT2D eigenvalue weighted by Crippen LogP contribution is 2.45. The standard InChI is InChI=1S/C20H33NO4/c1-5-24-18(22)17(16-11-7-8-12-16)20(14-21,19(23)25-6-2)13-9-10-15(3)4/h15-17H,5-13H2,1-4H3. The Kier molecular flexibility index (Phi) is 8.96. The van der Waals surface area contributed by atoms with E-state index in [9.17, 15) is 14.9 Å². The molecule has 0 amide bonds. The van der Waals surface area contributed by atoms with Gasteiger partial charge in [-0.1, -0.05) is 39.5 Å². The SMILES string of the molecule is CCOC(=O)C(C1CCCC1)C(C#N)(CCCC(C)C)C(=O)OCC. The number of hydrogen-bond donors (Lipinski definition) is 0. The van der Waals surface area contributed by atoms with Crippen molar-refractivity contribution in [2.75, 3.05) is 13.2 Å². The van der Waals surface area contributed by atoms with Gasteiger partial charge in [0.2, 0.25) is 0 Å². The molecule has 2 unspecified atom stereocenters. The van der Waals surface area contributed by atoms with E-state index < -0.39 is 23.3 Å². The summed E-state index contributed by atoms with van der Waals surface area (Å²) in [6, 6.07) is 2.21. The molecule has 1 fully saturated rings. The third-order valence-corrected chi connectivity index (χ3v) is 5.13. The van der Waals surface area contributed by atoms with Crippen LogP contribution in [0.25, 0.3) is 0 Å². The first-order valence-electron chi connectivity index (χ1n) is 9.68. The summed E-state index contributed by atoms with van der Waals surface area (Å²) in [5.41, 5.74) is -1.44. The van der Waals surface area contributed by atoms with E-state index in [1.54, 1.807) is 13.8 Å². The van der Waals surface area contributed by atoms with Crippen LogP contribution in [0.5, 0.6) is 0 Å². The van der Waals surface area contributed by atoms with Gasteiger partial charge < -0.3 is 9.47 Å². The minimum absolute atomic E-state index is 0.0159. The van der Waals surface area contributed by atoms with Crippen LogP contribution in [0.1, 0.15) is 72.6 Å². The monoisotopic (exact) mass is 351 g/mol. The van der Waals surface area contributed by atoms with Gasteiger partial charge in [0.25, 0.3) is 0 Å². The lowest BCUT2D eigenvalue weighted by Crippen LogP contribution is -2.46. The van der Waals surface area contributed by atoms with E-state index >= 15 is 0 Å². The topological polar surface area (TPSA) is 76.4 Å². The fraction of sp³-hybridized carbons (Fsp3) is 0.850. The summed E-state index contributed by atoms with van der Waals surface area (Å²) in [6.07, 6.45) is 5.73. The van der Waals surface area contributed by atoms with Gasteiger partial charge in [0.1, 0.15) is 0 Å². The number of carbonyl (C=O) groups excluding carboxylic acids is 2. The minimum Gasteiger partial charge on any atom is -0.466 e. The Labute approximate surface area is 152 Å². The Morgan fingerprint density at radius 2 is 1.76 bits per heavy atom. The Morgan fingerprint density at radius 1 is 1.16 bits per heavy atom. The van der Waals surface area contributed by atoms with E-state index in [1.807, 2.05) is 0 Å². The Balaban J connectivity index is 3.22. The van der Waals surface area contributed by atoms with Gasteiger partial charge >= 0.3 is 11.9 Å². The third-order valence-electron chi connectivity index (χ3n) is 5.13. The molecule has 5 heteroatoms. The predicted octanol–water partition coefficient (Wildman–Crippen LogP) is 4.26. The van der Waals surface area contributed by atoms with Crippen LogP contribution in [0.3, 0.4) is 0 Å². The maximum absolute atomic E-state index is 12.8. The first-order chi connectivity index (χ1) is 11.9. The number of carbonyl (C=O) groups is 2. The van der Waals surface area contributed by atoms with Crippen molar-refractivity contribution in [1.29, 1.82) is 5.26 Å². The van der Waals surface area contributed by atoms with Crippen molar-refractivity contribution in [3.05, 3.63) is 0 Å². The molecule has 1 rings (SSSR count). The molecule has 1 saturated carbocycles. The molecule has 0 radical (unpaired) electrons. The summed E-state index contributed by atoms with van der Waals surface area (Å²) in [6.45, 7) is 8.14. The molecular formula is C20H33NO4. The minimum atomic E-state index is -1.44. The second kappa shape index (κ2) is 10.4. The van der Waals surface area contributed by atoms with Crippen LogP contribution < -0.4 is 0 Å². The molecule has 1 aliphatic carbocycles. The van der Waals surface area contributed by atoms with Gasteiger partial charge in [-0.2, -0.15) is 5.26 Å². The molecule has 0 heterocycles.